The highest BCUT2D eigenvalue weighted by Crippen LogP contribution is 2.35. The van der Waals surface area contributed by atoms with E-state index in [0.717, 1.165) is 5.56 Å². The number of benzene rings is 1. The highest BCUT2D eigenvalue weighted by Gasteiger charge is 2.30. The van der Waals surface area contributed by atoms with E-state index >= 15 is 0 Å². The Morgan fingerprint density at radius 2 is 1.70 bits per heavy atom. The predicted molar refractivity (Wildman–Crippen MR) is 90.5 cm³/mol. The first kappa shape index (κ1) is 19.5. The Morgan fingerprint density at radius 1 is 1.13 bits per heavy atom. The molecule has 0 unspecified atom stereocenters. The van der Waals surface area contributed by atoms with Crippen molar-refractivity contribution in [3.63, 3.8) is 0 Å². The van der Waals surface area contributed by atoms with Crippen molar-refractivity contribution in [2.45, 2.75) is 45.9 Å². The van der Waals surface area contributed by atoms with Gasteiger partial charge in [-0.05, 0) is 41.8 Å². The Kier molecular flexibility index (Phi) is 6.22. The van der Waals surface area contributed by atoms with Gasteiger partial charge in [0.25, 0.3) is 10.1 Å². The van der Waals surface area contributed by atoms with E-state index in [1.54, 1.807) is 24.3 Å². The minimum absolute atomic E-state index is 0.0723. The zero-order valence-electron chi connectivity index (χ0n) is 14.4. The Balaban J connectivity index is 2.74. The van der Waals surface area contributed by atoms with Crippen molar-refractivity contribution >= 4 is 10.1 Å². The third-order valence-corrected chi connectivity index (χ3v) is 4.71. The molecule has 0 aromatic heterocycles. The van der Waals surface area contributed by atoms with E-state index in [-0.39, 0.29) is 22.3 Å². The molecule has 0 saturated carbocycles. The average molecular weight is 339 g/mol. The van der Waals surface area contributed by atoms with Crippen LogP contribution in [0.2, 0.25) is 0 Å². The molecule has 0 amide bonds. The van der Waals surface area contributed by atoms with Gasteiger partial charge in [0, 0.05) is 11.5 Å². The fraction of sp³-hybridized carbons (Fsp3) is 0.625. The van der Waals surface area contributed by atoms with Crippen LogP contribution in [0.15, 0.2) is 34.3 Å². The number of aryl methyl sites for hydroxylation is 1. The summed E-state index contributed by atoms with van der Waals surface area (Å²) in [5, 5.41) is 3.61. The molecule has 0 fully saturated rings. The molecule has 6 nitrogen and oxygen atoms in total. The molecule has 0 spiro atoms. The van der Waals surface area contributed by atoms with Crippen LogP contribution in [0.4, 0.5) is 0 Å². The Hall–Kier alpha value is -1.56. The molecule has 23 heavy (non-hydrogen) atoms. The lowest BCUT2D eigenvalue weighted by Crippen LogP contribution is -2.30. The molecule has 1 aromatic rings. The van der Waals surface area contributed by atoms with Gasteiger partial charge < -0.3 is 0 Å². The van der Waals surface area contributed by atoms with Crippen LogP contribution < -0.4 is 0 Å². The van der Waals surface area contributed by atoms with Gasteiger partial charge in [-0.1, -0.05) is 50.5 Å². The molecule has 0 N–H and O–H groups in total. The normalized spacial score (nSPS) is 12.7. The predicted octanol–water partition coefficient (Wildman–Crippen LogP) is 4.45. The highest BCUT2D eigenvalue weighted by atomic mass is 32.2. The van der Waals surface area contributed by atoms with Crippen molar-refractivity contribution in [2.75, 3.05) is 13.2 Å². The molecule has 0 saturated heterocycles. The van der Waals surface area contributed by atoms with Gasteiger partial charge >= 0.3 is 0 Å². The maximum absolute atomic E-state index is 12.2. The Morgan fingerprint density at radius 3 is 2.22 bits per heavy atom. The monoisotopic (exact) mass is 339 g/mol. The molecule has 1 aromatic carbocycles. The van der Waals surface area contributed by atoms with Crippen molar-refractivity contribution in [1.82, 2.24) is 0 Å². The van der Waals surface area contributed by atoms with Crippen LogP contribution in [0.5, 0.6) is 0 Å². The summed E-state index contributed by atoms with van der Waals surface area (Å²) in [6.45, 7) is 10.2. The highest BCUT2D eigenvalue weighted by molar-refractivity contribution is 7.86. The molecule has 0 atom stereocenters. The van der Waals surface area contributed by atoms with Crippen LogP contribution in [-0.2, 0) is 14.3 Å². The van der Waals surface area contributed by atoms with Crippen LogP contribution in [0, 0.1) is 17.8 Å². The number of hydrogen-bond donors (Lipinski definition) is 0. The van der Waals surface area contributed by atoms with E-state index in [1.165, 1.54) is 0 Å². The van der Waals surface area contributed by atoms with Gasteiger partial charge in [0.2, 0.25) is 0 Å². The second kappa shape index (κ2) is 7.34. The lowest BCUT2D eigenvalue weighted by Gasteiger charge is -2.33. The number of hydrogen-bond acceptors (Lipinski definition) is 4. The van der Waals surface area contributed by atoms with Gasteiger partial charge in [-0.15, -0.1) is 0 Å². The van der Waals surface area contributed by atoms with E-state index in [9.17, 15) is 8.42 Å². The lowest BCUT2D eigenvalue weighted by atomic mass is 9.75. The standard InChI is InChI=1S/C16H25N3O3S/c1-13-6-8-14(9-7-13)23(20,21)22-12-16(4,5)10-15(2,3)11-18-19-17/h6-9H,10-12H2,1-5H3. The van der Waals surface area contributed by atoms with E-state index in [4.69, 9.17) is 9.71 Å². The molecule has 0 aliphatic heterocycles. The average Bonchev–Trinajstić information content (AvgIpc) is 2.43. The first-order chi connectivity index (χ1) is 10.5. The molecule has 128 valence electrons. The maximum atomic E-state index is 12.2. The minimum atomic E-state index is -3.76. The van der Waals surface area contributed by atoms with Crippen molar-refractivity contribution in [2.24, 2.45) is 15.9 Å². The second-order valence-electron chi connectivity index (χ2n) is 7.42. The molecular formula is C16H25N3O3S. The van der Waals surface area contributed by atoms with Gasteiger partial charge in [-0.2, -0.15) is 8.42 Å². The summed E-state index contributed by atoms with van der Waals surface area (Å²) in [4.78, 5) is 2.94. The summed E-state index contributed by atoms with van der Waals surface area (Å²) >= 11 is 0. The van der Waals surface area contributed by atoms with Crippen molar-refractivity contribution in [3.05, 3.63) is 40.3 Å². The van der Waals surface area contributed by atoms with E-state index in [0.29, 0.717) is 13.0 Å². The van der Waals surface area contributed by atoms with Gasteiger partial charge in [-0.25, -0.2) is 0 Å². The molecule has 1 rings (SSSR count). The third-order valence-electron chi connectivity index (χ3n) is 3.43. The first-order valence-electron chi connectivity index (χ1n) is 7.44. The molecule has 0 heterocycles. The lowest BCUT2D eigenvalue weighted by molar-refractivity contribution is 0.124. The molecule has 0 bridgehead atoms. The molecule has 0 aliphatic rings. The molecule has 7 heteroatoms. The summed E-state index contributed by atoms with van der Waals surface area (Å²) in [5.41, 5.74) is 8.83. The molecular weight excluding hydrogens is 314 g/mol. The molecule has 0 radical (unpaired) electrons. The van der Waals surface area contributed by atoms with Gasteiger partial charge in [0.15, 0.2) is 0 Å². The Labute approximate surface area is 138 Å². The van der Waals surface area contributed by atoms with E-state index in [2.05, 4.69) is 10.0 Å². The second-order valence-corrected chi connectivity index (χ2v) is 9.04. The SMILES string of the molecule is Cc1ccc(S(=O)(=O)OCC(C)(C)CC(C)(C)CN=[N+]=[N-])cc1. The number of nitrogens with zero attached hydrogens (tertiary/aromatic N) is 3. The first-order valence-corrected chi connectivity index (χ1v) is 8.85. The van der Waals surface area contributed by atoms with Crippen LogP contribution in [0.3, 0.4) is 0 Å². The largest absolute Gasteiger partial charge is 0.296 e. The van der Waals surface area contributed by atoms with Crippen LogP contribution in [0.25, 0.3) is 10.4 Å². The maximum Gasteiger partial charge on any atom is 0.296 e. The van der Waals surface area contributed by atoms with Crippen molar-refractivity contribution in [1.29, 1.82) is 0 Å². The van der Waals surface area contributed by atoms with Gasteiger partial charge in [0.05, 0.1) is 11.5 Å². The summed E-state index contributed by atoms with van der Waals surface area (Å²) < 4.78 is 29.7. The third kappa shape index (κ3) is 6.60. The van der Waals surface area contributed by atoms with Crippen LogP contribution in [-0.4, -0.2) is 21.6 Å². The molecule has 0 aliphatic carbocycles. The fourth-order valence-corrected chi connectivity index (χ4v) is 3.72. The fourth-order valence-electron chi connectivity index (χ4n) is 2.64. The van der Waals surface area contributed by atoms with Crippen LogP contribution in [0.1, 0.15) is 39.7 Å². The topological polar surface area (TPSA) is 92.1 Å². The van der Waals surface area contributed by atoms with E-state index < -0.39 is 10.1 Å². The number of azide groups is 1. The Bertz CT molecular complexity index is 673. The zero-order valence-corrected chi connectivity index (χ0v) is 15.2. The summed E-state index contributed by atoms with van der Waals surface area (Å²) in [6.07, 6.45) is 0.669. The zero-order chi connectivity index (χ0) is 17.7. The number of rotatable bonds is 8. The van der Waals surface area contributed by atoms with Crippen molar-refractivity contribution < 1.29 is 12.6 Å². The van der Waals surface area contributed by atoms with Gasteiger partial charge in [-0.3, -0.25) is 4.18 Å². The summed E-state index contributed by atoms with van der Waals surface area (Å²) in [7, 11) is -3.76. The minimum Gasteiger partial charge on any atom is -0.266 e. The smallest absolute Gasteiger partial charge is 0.266 e. The summed E-state index contributed by atoms with van der Waals surface area (Å²) in [6, 6.07) is 6.57. The van der Waals surface area contributed by atoms with E-state index in [1.807, 2.05) is 34.6 Å². The summed E-state index contributed by atoms with van der Waals surface area (Å²) in [5.74, 6) is 0. The van der Waals surface area contributed by atoms with Crippen molar-refractivity contribution in [3.8, 4) is 0 Å². The quantitative estimate of drug-likeness (QED) is 0.303. The van der Waals surface area contributed by atoms with Gasteiger partial charge in [0.1, 0.15) is 0 Å². The van der Waals surface area contributed by atoms with Crippen LogP contribution >= 0.6 is 0 Å².